The van der Waals surface area contributed by atoms with Crippen molar-refractivity contribution < 1.29 is 19.7 Å². The third-order valence-electron chi connectivity index (χ3n) is 7.20. The molecule has 1 spiro atoms. The van der Waals surface area contributed by atoms with Crippen LogP contribution in [0.15, 0.2) is 12.2 Å². The molecule has 3 fully saturated rings. The van der Waals surface area contributed by atoms with Crippen molar-refractivity contribution in [2.24, 2.45) is 22.7 Å². The van der Waals surface area contributed by atoms with Crippen molar-refractivity contribution in [3.05, 3.63) is 12.2 Å². The minimum absolute atomic E-state index is 0.242. The number of aliphatic hydroxyl groups excluding tert-OH is 1. The zero-order valence-corrected chi connectivity index (χ0v) is 13.6. The first-order valence-corrected chi connectivity index (χ1v) is 7.95. The number of fused-ring (bicyclic) bond motifs is 1. The molecule has 0 aromatic heterocycles. The summed E-state index contributed by atoms with van der Waals surface area (Å²) >= 11 is 0. The van der Waals surface area contributed by atoms with Crippen LogP contribution in [0.3, 0.4) is 0 Å². The largest absolute Gasteiger partial charge is 0.393 e. The topological polar surface area (TPSA) is 58.9 Å². The van der Waals surface area contributed by atoms with E-state index in [9.17, 15) is 10.2 Å². The number of hydrogen-bond donors (Lipinski definition) is 2. The van der Waals surface area contributed by atoms with Crippen molar-refractivity contribution in [2.45, 2.75) is 58.0 Å². The molecule has 0 aromatic carbocycles. The highest BCUT2D eigenvalue weighted by Gasteiger charge is 2.74. The van der Waals surface area contributed by atoms with E-state index in [0.717, 1.165) is 24.8 Å². The van der Waals surface area contributed by atoms with Crippen molar-refractivity contribution in [2.75, 3.05) is 13.7 Å². The molecule has 1 unspecified atom stereocenters. The normalized spacial score (nSPS) is 57.0. The van der Waals surface area contributed by atoms with Crippen molar-refractivity contribution in [3.8, 4) is 0 Å². The second-order valence-electron chi connectivity index (χ2n) is 7.74. The van der Waals surface area contributed by atoms with E-state index in [0.29, 0.717) is 6.61 Å². The Bertz CT molecular complexity index is 460. The summed E-state index contributed by atoms with van der Waals surface area (Å²) in [6.07, 6.45) is 1.52. The molecule has 0 aromatic rings. The van der Waals surface area contributed by atoms with Crippen molar-refractivity contribution in [3.63, 3.8) is 0 Å². The van der Waals surface area contributed by atoms with Crippen molar-refractivity contribution in [1.29, 1.82) is 0 Å². The molecule has 2 N–H and O–H groups in total. The lowest BCUT2D eigenvalue weighted by molar-refractivity contribution is -0.216. The van der Waals surface area contributed by atoms with Gasteiger partial charge in [0.2, 0.25) is 0 Å². The van der Waals surface area contributed by atoms with Gasteiger partial charge >= 0.3 is 0 Å². The fraction of sp³-hybridized carbons (Fsp3) is 0.882. The Morgan fingerprint density at radius 2 is 2.00 bits per heavy atom. The van der Waals surface area contributed by atoms with Gasteiger partial charge in [0, 0.05) is 12.5 Å². The molecule has 4 heteroatoms. The molecule has 21 heavy (non-hydrogen) atoms. The molecule has 0 radical (unpaired) electrons. The van der Waals surface area contributed by atoms with Gasteiger partial charge in [-0.2, -0.15) is 0 Å². The minimum atomic E-state index is -0.960. The molecule has 3 rings (SSSR count). The van der Waals surface area contributed by atoms with Crippen LogP contribution in [0.2, 0.25) is 0 Å². The van der Waals surface area contributed by atoms with Crippen LogP contribution in [0.25, 0.3) is 0 Å². The molecule has 7 atom stereocenters. The fourth-order valence-electron chi connectivity index (χ4n) is 5.66. The molecule has 1 aliphatic heterocycles. The number of rotatable bonds is 1. The predicted molar refractivity (Wildman–Crippen MR) is 79.6 cm³/mol. The smallest absolute Gasteiger partial charge is 0.169 e. The first-order valence-electron chi connectivity index (χ1n) is 7.95. The second-order valence-corrected chi connectivity index (χ2v) is 7.74. The number of ether oxygens (including phenoxy) is 2. The SMILES string of the molecule is C=C1COC(OC)[C@]12C[C@@H]1C[C@@H](O)C[C@@H](C)[C@]1(C)[C@]2(C)O. The van der Waals surface area contributed by atoms with E-state index in [2.05, 4.69) is 20.4 Å². The van der Waals surface area contributed by atoms with Gasteiger partial charge in [0.1, 0.15) is 0 Å². The van der Waals surface area contributed by atoms with E-state index in [4.69, 9.17) is 9.47 Å². The van der Waals surface area contributed by atoms with E-state index in [-0.39, 0.29) is 23.4 Å². The van der Waals surface area contributed by atoms with Crippen LogP contribution in [0, 0.1) is 22.7 Å². The lowest BCUT2D eigenvalue weighted by atomic mass is 9.55. The van der Waals surface area contributed by atoms with Gasteiger partial charge in [-0.15, -0.1) is 0 Å². The molecule has 3 aliphatic rings. The highest BCUT2D eigenvalue weighted by atomic mass is 16.7. The average Bonchev–Trinajstić information content (AvgIpc) is 2.81. The summed E-state index contributed by atoms with van der Waals surface area (Å²) in [5.74, 6) is 0.494. The van der Waals surface area contributed by atoms with Gasteiger partial charge in [-0.25, -0.2) is 0 Å². The minimum Gasteiger partial charge on any atom is -0.393 e. The first kappa shape index (κ1) is 15.5. The Morgan fingerprint density at radius 1 is 1.33 bits per heavy atom. The van der Waals surface area contributed by atoms with Gasteiger partial charge in [-0.05, 0) is 43.6 Å². The highest BCUT2D eigenvalue weighted by molar-refractivity contribution is 5.32. The Labute approximate surface area is 127 Å². The molecule has 1 heterocycles. The van der Waals surface area contributed by atoms with Crippen LogP contribution in [0.5, 0.6) is 0 Å². The molecular formula is C17H28O4. The average molecular weight is 296 g/mol. The quantitative estimate of drug-likeness (QED) is 0.728. The molecular weight excluding hydrogens is 268 g/mol. The zero-order valence-electron chi connectivity index (χ0n) is 13.6. The molecule has 1 saturated heterocycles. The van der Waals surface area contributed by atoms with E-state index in [1.165, 1.54) is 0 Å². The summed E-state index contributed by atoms with van der Waals surface area (Å²) in [4.78, 5) is 0. The van der Waals surface area contributed by atoms with Crippen LogP contribution in [-0.2, 0) is 9.47 Å². The van der Waals surface area contributed by atoms with Crippen molar-refractivity contribution >= 4 is 0 Å². The summed E-state index contributed by atoms with van der Waals surface area (Å²) < 4.78 is 11.3. The Kier molecular flexibility index (Phi) is 3.35. The van der Waals surface area contributed by atoms with E-state index >= 15 is 0 Å². The van der Waals surface area contributed by atoms with E-state index < -0.39 is 17.3 Å². The molecule has 2 saturated carbocycles. The molecule has 2 aliphatic carbocycles. The van der Waals surface area contributed by atoms with Gasteiger partial charge < -0.3 is 19.7 Å². The maximum absolute atomic E-state index is 11.6. The second kappa shape index (κ2) is 4.54. The Hall–Kier alpha value is -0.420. The van der Waals surface area contributed by atoms with Crippen LogP contribution in [0.4, 0.5) is 0 Å². The molecule has 0 bridgehead atoms. The summed E-state index contributed by atoms with van der Waals surface area (Å²) in [5.41, 5.74) is -0.867. The fourth-order valence-corrected chi connectivity index (χ4v) is 5.66. The Morgan fingerprint density at radius 3 is 2.62 bits per heavy atom. The molecule has 120 valence electrons. The van der Waals surface area contributed by atoms with Crippen molar-refractivity contribution in [1.82, 2.24) is 0 Å². The lowest BCUT2D eigenvalue weighted by Gasteiger charge is -2.53. The summed E-state index contributed by atoms with van der Waals surface area (Å²) in [7, 11) is 1.63. The molecule has 4 nitrogen and oxygen atoms in total. The summed E-state index contributed by atoms with van der Waals surface area (Å²) in [6.45, 7) is 10.9. The number of hydrogen-bond acceptors (Lipinski definition) is 4. The Balaban J connectivity index is 2.12. The van der Waals surface area contributed by atoms with Crippen LogP contribution in [0.1, 0.15) is 40.0 Å². The first-order chi connectivity index (χ1) is 9.71. The van der Waals surface area contributed by atoms with Gasteiger partial charge in [-0.1, -0.05) is 20.4 Å². The highest BCUT2D eigenvalue weighted by Crippen LogP contribution is 2.71. The number of aliphatic hydroxyl groups is 2. The third kappa shape index (κ3) is 1.60. The third-order valence-corrected chi connectivity index (χ3v) is 7.20. The van der Waals surface area contributed by atoms with Gasteiger partial charge in [0.15, 0.2) is 6.29 Å². The van der Waals surface area contributed by atoms with E-state index in [1.807, 2.05) is 6.92 Å². The maximum atomic E-state index is 11.6. The lowest BCUT2D eigenvalue weighted by Crippen LogP contribution is -2.59. The maximum Gasteiger partial charge on any atom is 0.169 e. The van der Waals surface area contributed by atoms with Crippen LogP contribution < -0.4 is 0 Å². The standard InChI is InChI=1S/C17H28O4/c1-10-6-13(18)7-12-8-17(16(4,19)15(10,12)3)11(2)9-21-14(17)20-5/h10,12-14,18-19H,2,6-9H2,1,3-5H3/t10-,12+,13+,14?,15+,16+,17+/m1/s1. The van der Waals surface area contributed by atoms with Crippen LogP contribution in [-0.4, -0.2) is 41.9 Å². The van der Waals surface area contributed by atoms with Gasteiger partial charge in [0.25, 0.3) is 0 Å². The van der Waals surface area contributed by atoms with Crippen LogP contribution >= 0.6 is 0 Å². The number of methoxy groups -OCH3 is 1. The zero-order chi connectivity index (χ0) is 15.6. The van der Waals surface area contributed by atoms with Gasteiger partial charge in [-0.3, -0.25) is 0 Å². The summed E-state index contributed by atoms with van der Waals surface area (Å²) in [5, 5.41) is 21.8. The predicted octanol–water partition coefficient (Wildman–Crippen LogP) is 2.10. The van der Waals surface area contributed by atoms with E-state index in [1.54, 1.807) is 7.11 Å². The van der Waals surface area contributed by atoms with Gasteiger partial charge in [0.05, 0.1) is 23.7 Å². The summed E-state index contributed by atoms with van der Waals surface area (Å²) in [6, 6.07) is 0. The monoisotopic (exact) mass is 296 g/mol. The molecule has 0 amide bonds.